The van der Waals surface area contributed by atoms with Gasteiger partial charge in [0.05, 0.1) is 18.6 Å². The highest BCUT2D eigenvalue weighted by Crippen LogP contribution is 2.26. The number of sulfone groups is 1. The summed E-state index contributed by atoms with van der Waals surface area (Å²) in [6, 6.07) is 12.6. The minimum absolute atomic E-state index is 0.0129. The van der Waals surface area contributed by atoms with Gasteiger partial charge < -0.3 is 14.4 Å². The lowest BCUT2D eigenvalue weighted by molar-refractivity contribution is -0.136. The van der Waals surface area contributed by atoms with Gasteiger partial charge in [-0.15, -0.1) is 0 Å². The number of amides is 1. The van der Waals surface area contributed by atoms with Crippen LogP contribution in [0.5, 0.6) is 11.5 Å². The zero-order valence-corrected chi connectivity index (χ0v) is 16.3. The minimum Gasteiger partial charge on any atom is -0.493 e. The molecule has 1 fully saturated rings. The summed E-state index contributed by atoms with van der Waals surface area (Å²) in [5.74, 6) is -0.0563. The molecule has 0 aliphatic carbocycles. The van der Waals surface area contributed by atoms with Crippen LogP contribution in [-0.4, -0.2) is 50.5 Å². The number of methoxy groups -OCH3 is 1. The molecule has 1 amide bonds. The minimum atomic E-state index is -3.20. The standard InChI is InChI=1S/C20H22FNO5S/c1-26-18-8-4-5-9-19(18)27-13-20(23)22(16-10-11-28(24,25)14-16)12-15-6-2-3-7-17(15)21/h2-9,16H,10-14H2,1H3. The predicted octanol–water partition coefficient (Wildman–Crippen LogP) is 2.43. The van der Waals surface area contributed by atoms with Crippen LogP contribution in [0, 0.1) is 5.82 Å². The molecule has 0 bridgehead atoms. The summed E-state index contributed by atoms with van der Waals surface area (Å²) < 4.78 is 48.7. The van der Waals surface area contributed by atoms with E-state index < -0.39 is 27.6 Å². The van der Waals surface area contributed by atoms with E-state index in [2.05, 4.69) is 0 Å². The molecule has 1 heterocycles. The molecule has 150 valence electrons. The maximum Gasteiger partial charge on any atom is 0.261 e. The normalized spacial score (nSPS) is 17.9. The third-order valence-corrected chi connectivity index (χ3v) is 6.44. The van der Waals surface area contributed by atoms with E-state index in [9.17, 15) is 17.6 Å². The summed E-state index contributed by atoms with van der Waals surface area (Å²) in [4.78, 5) is 14.3. The van der Waals surface area contributed by atoms with Crippen LogP contribution in [0.2, 0.25) is 0 Å². The Balaban J connectivity index is 1.77. The van der Waals surface area contributed by atoms with Crippen molar-refractivity contribution >= 4 is 15.7 Å². The summed E-state index contributed by atoms with van der Waals surface area (Å²) in [6.45, 7) is -0.313. The Labute approximate surface area is 163 Å². The van der Waals surface area contributed by atoms with Crippen molar-refractivity contribution in [2.75, 3.05) is 25.2 Å². The molecule has 28 heavy (non-hydrogen) atoms. The van der Waals surface area contributed by atoms with Gasteiger partial charge in [-0.3, -0.25) is 4.79 Å². The molecule has 1 atom stereocenters. The van der Waals surface area contributed by atoms with E-state index >= 15 is 0 Å². The van der Waals surface area contributed by atoms with E-state index in [1.165, 1.54) is 18.1 Å². The van der Waals surface area contributed by atoms with Gasteiger partial charge in [0.15, 0.2) is 27.9 Å². The van der Waals surface area contributed by atoms with Crippen LogP contribution in [-0.2, 0) is 21.2 Å². The van der Waals surface area contributed by atoms with Crippen molar-refractivity contribution in [2.24, 2.45) is 0 Å². The molecule has 1 aliphatic heterocycles. The topological polar surface area (TPSA) is 72.9 Å². The number of rotatable bonds is 7. The van der Waals surface area contributed by atoms with Crippen LogP contribution in [0.4, 0.5) is 4.39 Å². The van der Waals surface area contributed by atoms with Gasteiger partial charge in [-0.1, -0.05) is 30.3 Å². The van der Waals surface area contributed by atoms with Crippen LogP contribution in [0.3, 0.4) is 0 Å². The first-order valence-electron chi connectivity index (χ1n) is 8.89. The van der Waals surface area contributed by atoms with Gasteiger partial charge in [0, 0.05) is 18.2 Å². The highest BCUT2D eigenvalue weighted by atomic mass is 32.2. The number of hydrogen-bond acceptors (Lipinski definition) is 5. The number of benzene rings is 2. The number of halogens is 1. The Kier molecular flexibility index (Phi) is 6.18. The lowest BCUT2D eigenvalue weighted by Crippen LogP contribution is -2.43. The summed E-state index contributed by atoms with van der Waals surface area (Å²) >= 11 is 0. The third kappa shape index (κ3) is 4.81. The van der Waals surface area contributed by atoms with Crippen molar-refractivity contribution in [3.05, 3.63) is 59.9 Å². The summed E-state index contributed by atoms with van der Waals surface area (Å²) in [5.41, 5.74) is 0.331. The SMILES string of the molecule is COc1ccccc1OCC(=O)N(Cc1ccccc1F)C1CCS(=O)(=O)C1. The second kappa shape index (κ2) is 8.60. The number of hydrogen-bond donors (Lipinski definition) is 0. The Morgan fingerprint density at radius 2 is 1.82 bits per heavy atom. The molecule has 0 spiro atoms. The number of ether oxygens (including phenoxy) is 2. The number of nitrogens with zero attached hydrogens (tertiary/aromatic N) is 1. The van der Waals surface area contributed by atoms with Crippen LogP contribution in [0.25, 0.3) is 0 Å². The number of carbonyl (C=O) groups is 1. The first-order valence-corrected chi connectivity index (χ1v) is 10.7. The second-order valence-corrected chi connectivity index (χ2v) is 8.84. The van der Waals surface area contributed by atoms with Crippen LogP contribution in [0.15, 0.2) is 48.5 Å². The van der Waals surface area contributed by atoms with Crippen LogP contribution in [0.1, 0.15) is 12.0 Å². The maximum absolute atomic E-state index is 14.1. The molecule has 1 unspecified atom stereocenters. The van der Waals surface area contributed by atoms with E-state index in [1.54, 1.807) is 42.5 Å². The quantitative estimate of drug-likeness (QED) is 0.705. The maximum atomic E-state index is 14.1. The fraction of sp³-hybridized carbons (Fsp3) is 0.350. The van der Waals surface area contributed by atoms with E-state index in [1.807, 2.05) is 0 Å². The molecule has 1 aliphatic rings. The van der Waals surface area contributed by atoms with Gasteiger partial charge >= 0.3 is 0 Å². The molecule has 8 heteroatoms. The zero-order valence-electron chi connectivity index (χ0n) is 15.5. The van der Waals surface area contributed by atoms with E-state index in [4.69, 9.17) is 9.47 Å². The van der Waals surface area contributed by atoms with E-state index in [-0.39, 0.29) is 24.7 Å². The first-order chi connectivity index (χ1) is 13.4. The molecular formula is C20H22FNO5S. The molecule has 0 N–H and O–H groups in total. The highest BCUT2D eigenvalue weighted by molar-refractivity contribution is 7.91. The fourth-order valence-electron chi connectivity index (χ4n) is 3.21. The van der Waals surface area contributed by atoms with Crippen molar-refractivity contribution in [2.45, 2.75) is 19.0 Å². The average molecular weight is 407 g/mol. The summed E-state index contributed by atoms with van der Waals surface area (Å²) in [6.07, 6.45) is 0.331. The van der Waals surface area contributed by atoms with Crippen molar-refractivity contribution in [1.29, 1.82) is 0 Å². The van der Waals surface area contributed by atoms with E-state index in [0.29, 0.717) is 23.5 Å². The Morgan fingerprint density at radius 3 is 2.46 bits per heavy atom. The Morgan fingerprint density at radius 1 is 1.14 bits per heavy atom. The highest BCUT2D eigenvalue weighted by Gasteiger charge is 2.35. The third-order valence-electron chi connectivity index (χ3n) is 4.69. The van der Waals surface area contributed by atoms with Crippen LogP contribution < -0.4 is 9.47 Å². The lowest BCUT2D eigenvalue weighted by Gasteiger charge is -2.28. The second-order valence-electron chi connectivity index (χ2n) is 6.61. The van der Waals surface area contributed by atoms with Gasteiger partial charge in [0.1, 0.15) is 5.82 Å². The molecule has 0 radical (unpaired) electrons. The van der Waals surface area contributed by atoms with Gasteiger partial charge in [-0.2, -0.15) is 0 Å². The van der Waals surface area contributed by atoms with Crippen molar-refractivity contribution < 1.29 is 27.1 Å². The summed E-state index contributed by atoms with van der Waals surface area (Å²) in [7, 11) is -1.70. The largest absolute Gasteiger partial charge is 0.493 e. The molecule has 1 saturated heterocycles. The van der Waals surface area contributed by atoms with E-state index in [0.717, 1.165) is 0 Å². The van der Waals surface area contributed by atoms with Gasteiger partial charge in [0.2, 0.25) is 0 Å². The molecular weight excluding hydrogens is 385 g/mol. The Hall–Kier alpha value is -2.61. The molecule has 6 nitrogen and oxygen atoms in total. The van der Waals surface area contributed by atoms with Crippen molar-refractivity contribution in [3.63, 3.8) is 0 Å². The predicted molar refractivity (Wildman–Crippen MR) is 102 cm³/mol. The monoisotopic (exact) mass is 407 g/mol. The molecule has 0 aromatic heterocycles. The Bertz CT molecular complexity index is 947. The number of para-hydroxylation sites is 2. The van der Waals surface area contributed by atoms with Gasteiger partial charge in [-0.25, -0.2) is 12.8 Å². The lowest BCUT2D eigenvalue weighted by atomic mass is 10.1. The molecule has 2 aromatic rings. The van der Waals surface area contributed by atoms with Gasteiger partial charge in [-0.05, 0) is 24.6 Å². The zero-order chi connectivity index (χ0) is 20.1. The molecule has 2 aromatic carbocycles. The molecule has 3 rings (SSSR count). The molecule has 0 saturated carbocycles. The van der Waals surface area contributed by atoms with Crippen molar-refractivity contribution in [1.82, 2.24) is 4.90 Å². The fourth-order valence-corrected chi connectivity index (χ4v) is 4.94. The van der Waals surface area contributed by atoms with Crippen LogP contribution >= 0.6 is 0 Å². The van der Waals surface area contributed by atoms with Gasteiger partial charge in [0.25, 0.3) is 5.91 Å². The first kappa shape index (κ1) is 20.1. The smallest absolute Gasteiger partial charge is 0.261 e. The average Bonchev–Trinajstić information content (AvgIpc) is 3.05. The summed E-state index contributed by atoms with van der Waals surface area (Å²) in [5, 5.41) is 0. The number of carbonyl (C=O) groups excluding carboxylic acids is 1. The van der Waals surface area contributed by atoms with Crippen molar-refractivity contribution in [3.8, 4) is 11.5 Å².